The highest BCUT2D eigenvalue weighted by molar-refractivity contribution is 5.79. The molecule has 0 saturated heterocycles. The van der Waals surface area contributed by atoms with Crippen LogP contribution in [-0.4, -0.2) is 18.3 Å². The number of ether oxygens (including phenoxy) is 1. The third-order valence-corrected chi connectivity index (χ3v) is 4.14. The SMILES string of the molecule is NCCC1=CC(CCOc2ccccc2)c2ccc(F)c(O)c21. The summed E-state index contributed by atoms with van der Waals surface area (Å²) < 4.78 is 19.4. The normalized spacial score (nSPS) is 16.1. The Hall–Kier alpha value is -2.33. The zero-order valence-electron chi connectivity index (χ0n) is 12.8. The van der Waals surface area contributed by atoms with Gasteiger partial charge in [-0.05, 0) is 48.7 Å². The minimum Gasteiger partial charge on any atom is -0.504 e. The largest absolute Gasteiger partial charge is 0.504 e. The summed E-state index contributed by atoms with van der Waals surface area (Å²) >= 11 is 0. The number of hydrogen-bond donors (Lipinski definition) is 2. The van der Waals surface area contributed by atoms with Gasteiger partial charge in [0.1, 0.15) is 5.75 Å². The van der Waals surface area contributed by atoms with E-state index in [0.717, 1.165) is 23.3 Å². The molecule has 1 atom stereocenters. The summed E-state index contributed by atoms with van der Waals surface area (Å²) in [6.07, 6.45) is 3.46. The molecule has 4 heteroatoms. The van der Waals surface area contributed by atoms with Crippen LogP contribution in [0.4, 0.5) is 4.39 Å². The van der Waals surface area contributed by atoms with Crippen molar-refractivity contribution in [3.8, 4) is 11.5 Å². The van der Waals surface area contributed by atoms with E-state index >= 15 is 0 Å². The van der Waals surface area contributed by atoms with E-state index in [9.17, 15) is 9.50 Å². The second-order valence-corrected chi connectivity index (χ2v) is 5.65. The first-order chi connectivity index (χ1) is 11.2. The molecular weight excluding hydrogens is 293 g/mol. The highest BCUT2D eigenvalue weighted by atomic mass is 19.1. The number of rotatable bonds is 6. The van der Waals surface area contributed by atoms with Crippen molar-refractivity contribution < 1.29 is 14.2 Å². The maximum atomic E-state index is 13.7. The fourth-order valence-electron chi connectivity index (χ4n) is 3.07. The second-order valence-electron chi connectivity index (χ2n) is 5.65. The molecule has 1 aliphatic carbocycles. The van der Waals surface area contributed by atoms with Crippen molar-refractivity contribution >= 4 is 5.57 Å². The number of nitrogens with two attached hydrogens (primary N) is 1. The molecule has 0 amide bonds. The predicted molar refractivity (Wildman–Crippen MR) is 89.0 cm³/mol. The standard InChI is InChI=1S/C19H20FNO2/c20-17-7-6-16-13(9-11-23-15-4-2-1-3-5-15)12-14(8-10-21)18(16)19(17)22/h1-7,12-13,22H,8-11,21H2. The average molecular weight is 313 g/mol. The summed E-state index contributed by atoms with van der Waals surface area (Å²) in [5, 5.41) is 10.0. The summed E-state index contributed by atoms with van der Waals surface area (Å²) in [5.41, 5.74) is 8.11. The van der Waals surface area contributed by atoms with Crippen LogP contribution >= 0.6 is 0 Å². The third-order valence-electron chi connectivity index (χ3n) is 4.14. The number of aromatic hydroxyl groups is 1. The molecule has 0 radical (unpaired) electrons. The van der Waals surface area contributed by atoms with Gasteiger partial charge in [-0.3, -0.25) is 0 Å². The van der Waals surface area contributed by atoms with Crippen LogP contribution in [0, 0.1) is 5.82 Å². The van der Waals surface area contributed by atoms with E-state index in [0.29, 0.717) is 25.1 Å². The Morgan fingerprint density at radius 1 is 1.13 bits per heavy atom. The lowest BCUT2D eigenvalue weighted by Gasteiger charge is -2.13. The molecule has 2 aromatic rings. The number of hydrogen-bond acceptors (Lipinski definition) is 3. The van der Waals surface area contributed by atoms with Gasteiger partial charge in [0, 0.05) is 11.5 Å². The highest BCUT2D eigenvalue weighted by Crippen LogP contribution is 2.44. The zero-order valence-corrected chi connectivity index (χ0v) is 12.8. The zero-order chi connectivity index (χ0) is 16.2. The van der Waals surface area contributed by atoms with Gasteiger partial charge in [0.15, 0.2) is 11.6 Å². The third kappa shape index (κ3) is 3.22. The first-order valence-electron chi connectivity index (χ1n) is 7.81. The van der Waals surface area contributed by atoms with Gasteiger partial charge in [-0.15, -0.1) is 0 Å². The van der Waals surface area contributed by atoms with Gasteiger partial charge in [0.05, 0.1) is 6.61 Å². The van der Waals surface area contributed by atoms with Gasteiger partial charge in [-0.1, -0.05) is 30.3 Å². The highest BCUT2D eigenvalue weighted by Gasteiger charge is 2.27. The van der Waals surface area contributed by atoms with Gasteiger partial charge in [-0.2, -0.15) is 0 Å². The molecule has 0 fully saturated rings. The maximum Gasteiger partial charge on any atom is 0.165 e. The number of halogens is 1. The Bertz CT molecular complexity index is 713. The summed E-state index contributed by atoms with van der Waals surface area (Å²) in [6.45, 7) is 1.02. The lowest BCUT2D eigenvalue weighted by molar-refractivity contribution is 0.305. The molecule has 1 unspecified atom stereocenters. The maximum absolute atomic E-state index is 13.7. The number of fused-ring (bicyclic) bond motifs is 1. The van der Waals surface area contributed by atoms with Gasteiger partial charge >= 0.3 is 0 Å². The molecule has 120 valence electrons. The quantitative estimate of drug-likeness (QED) is 0.852. The van der Waals surface area contributed by atoms with Crippen LogP contribution < -0.4 is 10.5 Å². The molecule has 0 aliphatic heterocycles. The second kappa shape index (κ2) is 6.84. The minimum atomic E-state index is -0.590. The average Bonchev–Trinajstić information content (AvgIpc) is 2.91. The molecule has 1 aliphatic rings. The first kappa shape index (κ1) is 15.6. The number of phenols is 1. The van der Waals surface area contributed by atoms with Crippen molar-refractivity contribution in [2.45, 2.75) is 18.8 Å². The van der Waals surface area contributed by atoms with E-state index in [1.165, 1.54) is 6.07 Å². The smallest absolute Gasteiger partial charge is 0.165 e. The molecule has 3 nitrogen and oxygen atoms in total. The van der Waals surface area contributed by atoms with Crippen LogP contribution in [0.3, 0.4) is 0 Å². The Morgan fingerprint density at radius 2 is 1.91 bits per heavy atom. The molecule has 3 N–H and O–H groups in total. The first-order valence-corrected chi connectivity index (χ1v) is 7.81. The molecule has 0 bridgehead atoms. The van der Waals surface area contributed by atoms with Gasteiger partial charge in [0.25, 0.3) is 0 Å². The number of phenolic OH excluding ortho intramolecular Hbond substituents is 1. The Kier molecular flexibility index (Phi) is 4.63. The van der Waals surface area contributed by atoms with E-state index in [-0.39, 0.29) is 11.7 Å². The molecule has 0 spiro atoms. The molecule has 2 aromatic carbocycles. The van der Waals surface area contributed by atoms with Crippen LogP contribution in [0.2, 0.25) is 0 Å². The van der Waals surface area contributed by atoms with E-state index in [1.807, 2.05) is 30.3 Å². The molecule has 0 heterocycles. The van der Waals surface area contributed by atoms with E-state index in [1.54, 1.807) is 6.07 Å². The van der Waals surface area contributed by atoms with Crippen molar-refractivity contribution in [1.29, 1.82) is 0 Å². The van der Waals surface area contributed by atoms with Gasteiger partial charge in [0.2, 0.25) is 0 Å². The van der Waals surface area contributed by atoms with Crippen LogP contribution in [-0.2, 0) is 0 Å². The molecule has 23 heavy (non-hydrogen) atoms. The van der Waals surface area contributed by atoms with E-state index < -0.39 is 5.82 Å². The Balaban J connectivity index is 1.75. The van der Waals surface area contributed by atoms with E-state index in [4.69, 9.17) is 10.5 Å². The van der Waals surface area contributed by atoms with Crippen molar-refractivity contribution in [2.24, 2.45) is 5.73 Å². The molecule has 0 aromatic heterocycles. The molecule has 0 saturated carbocycles. The predicted octanol–water partition coefficient (Wildman–Crippen LogP) is 3.83. The summed E-state index contributed by atoms with van der Waals surface area (Å²) in [4.78, 5) is 0. The fourth-order valence-corrected chi connectivity index (χ4v) is 3.07. The van der Waals surface area contributed by atoms with Crippen molar-refractivity contribution in [3.63, 3.8) is 0 Å². The summed E-state index contributed by atoms with van der Waals surface area (Å²) in [6, 6.07) is 12.7. The van der Waals surface area contributed by atoms with Gasteiger partial charge < -0.3 is 15.6 Å². The Labute approximate surface area is 135 Å². The van der Waals surface area contributed by atoms with Crippen LogP contribution in [0.25, 0.3) is 5.57 Å². The van der Waals surface area contributed by atoms with Crippen molar-refractivity contribution in [3.05, 3.63) is 65.5 Å². The number of para-hydroxylation sites is 1. The van der Waals surface area contributed by atoms with Crippen LogP contribution in [0.5, 0.6) is 11.5 Å². The minimum absolute atomic E-state index is 0.113. The van der Waals surface area contributed by atoms with Crippen molar-refractivity contribution in [1.82, 2.24) is 0 Å². The summed E-state index contributed by atoms with van der Waals surface area (Å²) in [7, 11) is 0. The lowest BCUT2D eigenvalue weighted by Crippen LogP contribution is -2.03. The number of benzene rings is 2. The Morgan fingerprint density at radius 3 is 2.65 bits per heavy atom. The monoisotopic (exact) mass is 313 g/mol. The van der Waals surface area contributed by atoms with Crippen molar-refractivity contribution in [2.75, 3.05) is 13.2 Å². The fraction of sp³-hybridized carbons (Fsp3) is 0.263. The summed E-state index contributed by atoms with van der Waals surface area (Å²) in [5.74, 6) is 0.0853. The van der Waals surface area contributed by atoms with E-state index in [2.05, 4.69) is 6.08 Å². The topological polar surface area (TPSA) is 55.5 Å². The van der Waals surface area contributed by atoms with Gasteiger partial charge in [-0.25, -0.2) is 4.39 Å². The molecule has 3 rings (SSSR count). The van der Waals surface area contributed by atoms with Crippen LogP contribution in [0.1, 0.15) is 29.9 Å². The van der Waals surface area contributed by atoms with Crippen LogP contribution in [0.15, 0.2) is 48.5 Å². The lowest BCUT2D eigenvalue weighted by atomic mass is 9.96. The molecular formula is C19H20FNO2. The number of allylic oxidation sites excluding steroid dienone is 1.